The molecule has 7 aromatic rings. The number of ketones is 1. The Hall–Kier alpha value is -4.72. The van der Waals surface area contributed by atoms with Gasteiger partial charge in [0, 0.05) is 55.2 Å². The SMILES string of the molecule is CCOC(=O)Cc1cc(-c2c(OC)cccc2OC(C)C)sc1-c1sc(-c2sc(-c3sc(-c4sc(-c5c(OC)cccc5OC(C)C)c(C)c4CC(C)=O)c(C)c3C)c(C)c2C)c(C)c1C. The first-order valence-corrected chi connectivity index (χ1v) is 26.4. The number of methoxy groups -OCH3 is 2. The van der Waals surface area contributed by atoms with Crippen molar-refractivity contribution < 1.29 is 33.3 Å². The van der Waals surface area contributed by atoms with Crippen molar-refractivity contribution in [3.63, 3.8) is 0 Å². The van der Waals surface area contributed by atoms with E-state index in [4.69, 9.17) is 23.7 Å². The highest BCUT2D eigenvalue weighted by Crippen LogP contribution is 2.56. The number of thiophene rings is 5. The standard InChI is InChI=1S/C54H60O7S5/c1-16-59-43(56)25-36-24-42(44-38(57-14)19-17-21-40(44)60-26(2)3)62-53(36)51-33(11)31(9)49(65-51)47-29(7)30(8)48(64-47)50-32(10)34(12)52(66-50)54-37(23-28(6)55)35(13)46(63-54)45-39(58-15)20-18-22-41(45)61-27(4)5/h17-22,24,26-27H,16,23,25H2,1-15H3. The van der Waals surface area contributed by atoms with Crippen molar-refractivity contribution in [2.24, 2.45) is 0 Å². The minimum absolute atomic E-state index is 0.0204. The molecule has 0 saturated carbocycles. The molecular formula is C54H60O7S5. The molecule has 5 aromatic heterocycles. The van der Waals surface area contributed by atoms with Gasteiger partial charge in [-0.05, 0) is 170 Å². The summed E-state index contributed by atoms with van der Waals surface area (Å²) in [5.41, 5.74) is 12.3. The average molecular weight is 981 g/mol. The number of rotatable bonds is 17. The van der Waals surface area contributed by atoms with Gasteiger partial charge in [0.1, 0.15) is 28.8 Å². The van der Waals surface area contributed by atoms with Gasteiger partial charge in [0.25, 0.3) is 0 Å². The van der Waals surface area contributed by atoms with Gasteiger partial charge in [0.2, 0.25) is 0 Å². The molecule has 0 spiro atoms. The van der Waals surface area contributed by atoms with Crippen LogP contribution in [0.2, 0.25) is 0 Å². The van der Waals surface area contributed by atoms with Crippen LogP contribution in [0.15, 0.2) is 42.5 Å². The molecule has 5 heterocycles. The Balaban J connectivity index is 1.35. The molecule has 0 saturated heterocycles. The van der Waals surface area contributed by atoms with Crippen LogP contribution in [0.4, 0.5) is 0 Å². The summed E-state index contributed by atoms with van der Waals surface area (Å²) >= 11 is 8.87. The third kappa shape index (κ3) is 9.41. The van der Waals surface area contributed by atoms with Gasteiger partial charge in [-0.3, -0.25) is 9.59 Å². The van der Waals surface area contributed by atoms with Crippen LogP contribution in [-0.2, 0) is 27.2 Å². The first-order chi connectivity index (χ1) is 31.4. The van der Waals surface area contributed by atoms with Crippen molar-refractivity contribution in [2.75, 3.05) is 20.8 Å². The zero-order valence-electron chi connectivity index (χ0n) is 40.7. The van der Waals surface area contributed by atoms with Crippen LogP contribution in [0.5, 0.6) is 23.0 Å². The predicted molar refractivity (Wildman–Crippen MR) is 281 cm³/mol. The summed E-state index contributed by atoms with van der Waals surface area (Å²) in [6.07, 6.45) is 0.452. The number of carbonyl (C=O) groups is 2. The van der Waals surface area contributed by atoms with Crippen LogP contribution in [0, 0.1) is 48.5 Å². The lowest BCUT2D eigenvalue weighted by atomic mass is 9.99. The van der Waals surface area contributed by atoms with Crippen molar-refractivity contribution in [2.45, 2.75) is 115 Å². The van der Waals surface area contributed by atoms with Crippen LogP contribution < -0.4 is 18.9 Å². The molecule has 7 rings (SSSR count). The van der Waals surface area contributed by atoms with Gasteiger partial charge in [-0.15, -0.1) is 56.7 Å². The molecule has 66 heavy (non-hydrogen) atoms. The van der Waals surface area contributed by atoms with Crippen molar-refractivity contribution in [3.05, 3.63) is 92.5 Å². The first-order valence-electron chi connectivity index (χ1n) is 22.3. The minimum Gasteiger partial charge on any atom is -0.496 e. The Labute approximate surface area is 410 Å². The highest BCUT2D eigenvalue weighted by atomic mass is 32.1. The maximum atomic E-state index is 13.2. The Kier molecular flexibility index (Phi) is 15.1. The van der Waals surface area contributed by atoms with E-state index in [-0.39, 0.29) is 30.4 Å². The average Bonchev–Trinajstić information content (AvgIpc) is 4.04. The molecule has 0 aliphatic carbocycles. The summed E-state index contributed by atoms with van der Waals surface area (Å²) in [5, 5.41) is 0. The molecular weight excluding hydrogens is 921 g/mol. The molecule has 0 aliphatic heterocycles. The van der Waals surface area contributed by atoms with Gasteiger partial charge in [-0.2, -0.15) is 0 Å². The molecule has 0 fully saturated rings. The number of hydrogen-bond donors (Lipinski definition) is 0. The summed E-state index contributed by atoms with van der Waals surface area (Å²) < 4.78 is 30.0. The Morgan fingerprint density at radius 2 is 0.924 bits per heavy atom. The minimum atomic E-state index is -0.254. The summed E-state index contributed by atoms with van der Waals surface area (Å²) in [7, 11) is 3.37. The maximum absolute atomic E-state index is 13.2. The highest BCUT2D eigenvalue weighted by molar-refractivity contribution is 7.31. The molecule has 7 nitrogen and oxygen atoms in total. The predicted octanol–water partition coefficient (Wildman–Crippen LogP) is 16.0. The number of carbonyl (C=O) groups excluding carboxylic acids is 2. The smallest absolute Gasteiger partial charge is 0.310 e. The van der Waals surface area contributed by atoms with Gasteiger partial charge < -0.3 is 23.7 Å². The number of benzene rings is 2. The van der Waals surface area contributed by atoms with Crippen LogP contribution in [0.1, 0.15) is 91.6 Å². The van der Waals surface area contributed by atoms with Gasteiger partial charge in [-0.25, -0.2) is 0 Å². The van der Waals surface area contributed by atoms with Crippen LogP contribution in [0.3, 0.4) is 0 Å². The lowest BCUT2D eigenvalue weighted by Gasteiger charge is -2.17. The number of esters is 1. The second-order valence-electron chi connectivity index (χ2n) is 17.2. The van der Waals surface area contributed by atoms with E-state index in [2.05, 4.69) is 54.5 Å². The molecule has 0 N–H and O–H groups in total. The highest BCUT2D eigenvalue weighted by Gasteiger charge is 2.30. The number of Topliss-reactive ketones (excluding diaryl/α,β-unsaturated/α-hetero) is 1. The van der Waals surface area contributed by atoms with E-state index in [0.29, 0.717) is 13.0 Å². The largest absolute Gasteiger partial charge is 0.496 e. The van der Waals surface area contributed by atoms with Crippen molar-refractivity contribution in [1.82, 2.24) is 0 Å². The third-order valence-electron chi connectivity index (χ3n) is 11.9. The summed E-state index contributed by atoms with van der Waals surface area (Å²) in [4.78, 5) is 37.7. The van der Waals surface area contributed by atoms with Gasteiger partial charge >= 0.3 is 5.97 Å². The van der Waals surface area contributed by atoms with Gasteiger partial charge in [0.15, 0.2) is 0 Å². The van der Waals surface area contributed by atoms with Crippen LogP contribution in [-0.4, -0.2) is 44.8 Å². The Bertz CT molecular complexity index is 2950. The summed E-state index contributed by atoms with van der Waals surface area (Å²) in [5.74, 6) is 2.84. The first kappa shape index (κ1) is 49.2. The fourth-order valence-electron chi connectivity index (χ4n) is 8.29. The molecule has 0 amide bonds. The number of hydrogen-bond acceptors (Lipinski definition) is 12. The maximum Gasteiger partial charge on any atom is 0.310 e. The van der Waals surface area contributed by atoms with E-state index >= 15 is 0 Å². The third-order valence-corrected chi connectivity index (χ3v) is 19.3. The summed E-state index contributed by atoms with van der Waals surface area (Å²) in [6, 6.07) is 13.9. The molecule has 0 bridgehead atoms. The zero-order valence-corrected chi connectivity index (χ0v) is 44.8. The molecule has 0 aliphatic rings. The summed E-state index contributed by atoms with van der Waals surface area (Å²) in [6.45, 7) is 27.4. The Morgan fingerprint density at radius 1 is 0.515 bits per heavy atom. The lowest BCUT2D eigenvalue weighted by molar-refractivity contribution is -0.142. The lowest BCUT2D eigenvalue weighted by Crippen LogP contribution is -2.07. The van der Waals surface area contributed by atoms with E-state index in [0.717, 1.165) is 75.2 Å². The van der Waals surface area contributed by atoms with Crippen LogP contribution in [0.25, 0.3) is 59.9 Å². The fraction of sp³-hybridized carbons (Fsp3) is 0.370. The van der Waals surface area contributed by atoms with E-state index in [1.165, 1.54) is 57.8 Å². The second kappa shape index (κ2) is 20.2. The topological polar surface area (TPSA) is 80.3 Å². The van der Waals surface area contributed by atoms with Crippen molar-refractivity contribution in [1.29, 1.82) is 0 Å². The quantitative estimate of drug-likeness (QED) is 0.0841. The normalized spacial score (nSPS) is 11.5. The van der Waals surface area contributed by atoms with Gasteiger partial charge in [0.05, 0.1) is 50.6 Å². The zero-order chi connectivity index (χ0) is 47.9. The molecule has 2 aromatic carbocycles. The Morgan fingerprint density at radius 3 is 1.36 bits per heavy atom. The van der Waals surface area contributed by atoms with Crippen molar-refractivity contribution >= 4 is 68.4 Å². The second-order valence-corrected chi connectivity index (χ2v) is 22.4. The molecule has 12 heteroatoms. The van der Waals surface area contributed by atoms with E-state index in [1.807, 2.05) is 93.7 Å². The van der Waals surface area contributed by atoms with E-state index in [1.54, 1.807) is 55.2 Å². The monoisotopic (exact) mass is 980 g/mol. The van der Waals surface area contributed by atoms with Gasteiger partial charge in [-0.1, -0.05) is 12.1 Å². The molecule has 0 unspecified atom stereocenters. The van der Waals surface area contributed by atoms with E-state index in [9.17, 15) is 9.59 Å². The van der Waals surface area contributed by atoms with Crippen LogP contribution >= 0.6 is 56.7 Å². The molecule has 0 radical (unpaired) electrons. The fourth-order valence-corrected chi connectivity index (χ4v) is 15.8. The van der Waals surface area contributed by atoms with E-state index < -0.39 is 0 Å². The number of ether oxygens (including phenoxy) is 5. The molecule has 0 atom stereocenters. The molecule has 348 valence electrons. The van der Waals surface area contributed by atoms with Crippen molar-refractivity contribution in [3.8, 4) is 82.9 Å².